The van der Waals surface area contributed by atoms with Crippen LogP contribution in [-0.4, -0.2) is 21.9 Å². The summed E-state index contributed by atoms with van der Waals surface area (Å²) in [6, 6.07) is 13.7. The highest BCUT2D eigenvalue weighted by Crippen LogP contribution is 2.18. The molecule has 0 amide bonds. The first-order chi connectivity index (χ1) is 10.8. The summed E-state index contributed by atoms with van der Waals surface area (Å²) in [5.74, 6) is 6.58. The summed E-state index contributed by atoms with van der Waals surface area (Å²) in [7, 11) is 1.59. The average Bonchev–Trinajstić information content (AvgIpc) is 2.98. The number of pyridine rings is 1. The minimum atomic E-state index is 0.504. The van der Waals surface area contributed by atoms with Crippen LogP contribution in [0, 0.1) is 18.8 Å². The highest BCUT2D eigenvalue weighted by molar-refractivity contribution is 5.46. The van der Waals surface area contributed by atoms with Crippen LogP contribution in [0.25, 0.3) is 5.69 Å². The minimum absolute atomic E-state index is 0.504. The number of aromatic nitrogens is 3. The van der Waals surface area contributed by atoms with Gasteiger partial charge in [-0.1, -0.05) is 29.7 Å². The monoisotopic (exact) mass is 289 g/mol. The van der Waals surface area contributed by atoms with Crippen LogP contribution in [0.2, 0.25) is 0 Å². The molecule has 2 aromatic heterocycles. The summed E-state index contributed by atoms with van der Waals surface area (Å²) in [4.78, 5) is 4.18. The van der Waals surface area contributed by atoms with Crippen molar-refractivity contribution in [2.75, 3.05) is 7.11 Å². The van der Waals surface area contributed by atoms with Gasteiger partial charge in [0, 0.05) is 6.20 Å². The predicted octanol–water partition coefficient (Wildman–Crippen LogP) is 2.98. The molecule has 0 bridgehead atoms. The number of methoxy groups -OCH3 is 1. The summed E-state index contributed by atoms with van der Waals surface area (Å²) < 4.78 is 7.07. The van der Waals surface area contributed by atoms with E-state index in [1.165, 1.54) is 5.56 Å². The molecule has 3 aromatic rings. The molecule has 1 aromatic carbocycles. The fourth-order valence-electron chi connectivity index (χ4n) is 1.99. The maximum absolute atomic E-state index is 5.30. The third kappa shape index (κ3) is 2.99. The number of aryl methyl sites for hydroxylation is 1. The molecule has 3 rings (SSSR count). The SMILES string of the molecule is COc1nn(-c2ccc(C)cc2)cc1C#Cc1ccccn1. The number of hydrogen-bond donors (Lipinski definition) is 0. The Kier molecular flexibility index (Phi) is 3.88. The molecule has 0 radical (unpaired) electrons. The number of rotatable bonds is 2. The third-order valence-corrected chi connectivity index (χ3v) is 3.16. The Bertz CT molecular complexity index is 824. The van der Waals surface area contributed by atoms with Gasteiger partial charge in [0.05, 0.1) is 19.0 Å². The molecule has 0 saturated carbocycles. The largest absolute Gasteiger partial charge is 0.479 e. The van der Waals surface area contributed by atoms with Gasteiger partial charge >= 0.3 is 0 Å². The molecular weight excluding hydrogens is 274 g/mol. The van der Waals surface area contributed by atoms with Crippen LogP contribution in [0.1, 0.15) is 16.8 Å². The summed E-state index contributed by atoms with van der Waals surface area (Å²) in [6.07, 6.45) is 3.58. The van der Waals surface area contributed by atoms with Crippen LogP contribution in [0.5, 0.6) is 5.88 Å². The van der Waals surface area contributed by atoms with Gasteiger partial charge in [-0.3, -0.25) is 0 Å². The lowest BCUT2D eigenvalue weighted by molar-refractivity contribution is 0.393. The molecule has 0 aliphatic carbocycles. The minimum Gasteiger partial charge on any atom is -0.479 e. The molecule has 0 aliphatic heterocycles. The topological polar surface area (TPSA) is 39.9 Å². The normalized spacial score (nSPS) is 9.91. The van der Waals surface area contributed by atoms with Crippen LogP contribution in [0.3, 0.4) is 0 Å². The second-order valence-corrected chi connectivity index (χ2v) is 4.80. The Morgan fingerprint density at radius 2 is 1.86 bits per heavy atom. The molecule has 0 atom stereocenters. The molecule has 0 fully saturated rings. The van der Waals surface area contributed by atoms with Crippen LogP contribution >= 0.6 is 0 Å². The molecule has 0 unspecified atom stereocenters. The molecule has 0 aliphatic rings. The fourth-order valence-corrected chi connectivity index (χ4v) is 1.99. The highest BCUT2D eigenvalue weighted by Gasteiger charge is 2.08. The summed E-state index contributed by atoms with van der Waals surface area (Å²) in [5, 5.41) is 4.41. The van der Waals surface area contributed by atoms with E-state index < -0.39 is 0 Å². The summed E-state index contributed by atoms with van der Waals surface area (Å²) >= 11 is 0. The fraction of sp³-hybridized carbons (Fsp3) is 0.111. The van der Waals surface area contributed by atoms with Crippen LogP contribution in [0.15, 0.2) is 54.9 Å². The zero-order chi connectivity index (χ0) is 15.4. The van der Waals surface area contributed by atoms with Crippen LogP contribution < -0.4 is 4.74 Å². The van der Waals surface area contributed by atoms with E-state index in [0.29, 0.717) is 11.6 Å². The first kappa shape index (κ1) is 13.9. The Balaban J connectivity index is 1.95. The third-order valence-electron chi connectivity index (χ3n) is 3.16. The van der Waals surface area contributed by atoms with Gasteiger partial charge in [0.2, 0.25) is 5.88 Å². The van der Waals surface area contributed by atoms with Crippen molar-refractivity contribution >= 4 is 0 Å². The number of ether oxygens (including phenoxy) is 1. The van der Waals surface area contributed by atoms with Crippen molar-refractivity contribution in [1.82, 2.24) is 14.8 Å². The van der Waals surface area contributed by atoms with Gasteiger partial charge in [-0.25, -0.2) is 9.67 Å². The van der Waals surface area contributed by atoms with Crippen molar-refractivity contribution in [3.8, 4) is 23.4 Å². The number of benzene rings is 1. The second-order valence-electron chi connectivity index (χ2n) is 4.80. The quantitative estimate of drug-likeness (QED) is 0.681. The molecular formula is C18H15N3O. The number of nitrogens with zero attached hydrogens (tertiary/aromatic N) is 3. The van der Waals surface area contributed by atoms with Crippen molar-refractivity contribution in [3.63, 3.8) is 0 Å². The molecule has 108 valence electrons. The maximum atomic E-state index is 5.30. The lowest BCUT2D eigenvalue weighted by Crippen LogP contribution is -1.94. The van der Waals surface area contributed by atoms with Crippen molar-refractivity contribution in [2.45, 2.75) is 6.92 Å². The van der Waals surface area contributed by atoms with E-state index in [9.17, 15) is 0 Å². The van der Waals surface area contributed by atoms with E-state index in [4.69, 9.17) is 4.74 Å². The first-order valence-electron chi connectivity index (χ1n) is 6.90. The Morgan fingerprint density at radius 3 is 2.55 bits per heavy atom. The lowest BCUT2D eigenvalue weighted by atomic mass is 10.2. The predicted molar refractivity (Wildman–Crippen MR) is 85.1 cm³/mol. The van der Waals surface area contributed by atoms with Crippen molar-refractivity contribution in [3.05, 3.63) is 71.7 Å². The van der Waals surface area contributed by atoms with E-state index in [-0.39, 0.29) is 0 Å². The van der Waals surface area contributed by atoms with Gasteiger partial charge in [-0.05, 0) is 37.1 Å². The molecule has 0 saturated heterocycles. The molecule has 22 heavy (non-hydrogen) atoms. The van der Waals surface area contributed by atoms with Crippen LogP contribution in [-0.2, 0) is 0 Å². The zero-order valence-electron chi connectivity index (χ0n) is 12.4. The van der Waals surface area contributed by atoms with Gasteiger partial charge < -0.3 is 4.74 Å². The van der Waals surface area contributed by atoms with Crippen molar-refractivity contribution in [2.24, 2.45) is 0 Å². The Morgan fingerprint density at radius 1 is 1.05 bits per heavy atom. The van der Waals surface area contributed by atoms with E-state index in [1.54, 1.807) is 18.0 Å². The summed E-state index contributed by atoms with van der Waals surface area (Å²) in [6.45, 7) is 2.05. The van der Waals surface area contributed by atoms with Crippen LogP contribution in [0.4, 0.5) is 0 Å². The summed E-state index contributed by atoms with van der Waals surface area (Å²) in [5.41, 5.74) is 3.62. The van der Waals surface area contributed by atoms with E-state index in [2.05, 4.69) is 28.8 Å². The molecule has 0 N–H and O–H groups in total. The van der Waals surface area contributed by atoms with Gasteiger partial charge in [0.25, 0.3) is 0 Å². The van der Waals surface area contributed by atoms with Crippen molar-refractivity contribution in [1.29, 1.82) is 0 Å². The maximum Gasteiger partial charge on any atom is 0.248 e. The molecule has 0 spiro atoms. The average molecular weight is 289 g/mol. The van der Waals surface area contributed by atoms with Gasteiger partial charge in [-0.2, -0.15) is 0 Å². The molecule has 4 nitrogen and oxygen atoms in total. The van der Waals surface area contributed by atoms with Gasteiger partial charge in [0.15, 0.2) is 0 Å². The second kappa shape index (κ2) is 6.15. The van der Waals surface area contributed by atoms with E-state index in [1.807, 2.05) is 48.7 Å². The standard InChI is InChI=1S/C18H15N3O/c1-14-6-10-17(11-7-14)21-13-15(18(20-21)22-2)8-9-16-5-3-4-12-19-16/h3-7,10-13H,1-2H3. The van der Waals surface area contributed by atoms with E-state index >= 15 is 0 Å². The van der Waals surface area contributed by atoms with E-state index in [0.717, 1.165) is 11.3 Å². The smallest absolute Gasteiger partial charge is 0.248 e. The van der Waals surface area contributed by atoms with Gasteiger partial charge in [0.1, 0.15) is 11.3 Å². The Hall–Kier alpha value is -3.06. The molecule has 4 heteroatoms. The number of hydrogen-bond acceptors (Lipinski definition) is 3. The molecule has 2 heterocycles. The first-order valence-corrected chi connectivity index (χ1v) is 6.90. The highest BCUT2D eigenvalue weighted by atomic mass is 16.5. The zero-order valence-corrected chi connectivity index (χ0v) is 12.4. The Labute approximate surface area is 129 Å². The lowest BCUT2D eigenvalue weighted by Gasteiger charge is -2.00. The van der Waals surface area contributed by atoms with Gasteiger partial charge in [-0.15, -0.1) is 5.10 Å². The van der Waals surface area contributed by atoms with Crippen molar-refractivity contribution < 1.29 is 4.74 Å².